The van der Waals surface area contributed by atoms with Gasteiger partial charge < -0.3 is 35.3 Å². The minimum absolute atomic E-state index is 0.0160. The molecule has 0 bridgehead atoms. The lowest BCUT2D eigenvalue weighted by atomic mass is 10.1. The summed E-state index contributed by atoms with van der Waals surface area (Å²) in [5, 5.41) is 13.5. The van der Waals surface area contributed by atoms with Crippen molar-refractivity contribution in [3.8, 4) is 0 Å². The van der Waals surface area contributed by atoms with Gasteiger partial charge in [0, 0.05) is 50.4 Å². The molecule has 2 fully saturated rings. The number of nitrogens with zero attached hydrogens (tertiary/aromatic N) is 3. The Bertz CT molecular complexity index is 1130. The first kappa shape index (κ1) is 23.2. The molecule has 0 saturated carbocycles. The van der Waals surface area contributed by atoms with Gasteiger partial charge in [0.1, 0.15) is 12.0 Å². The summed E-state index contributed by atoms with van der Waals surface area (Å²) in [7, 11) is 0. The van der Waals surface area contributed by atoms with Crippen molar-refractivity contribution < 1.29 is 23.5 Å². The maximum absolute atomic E-state index is 14.6. The molecule has 5 rings (SSSR count). The summed E-state index contributed by atoms with van der Waals surface area (Å²) < 4.78 is 25.3. The van der Waals surface area contributed by atoms with E-state index in [1.54, 1.807) is 29.3 Å². The average molecular weight is 483 g/mol. The van der Waals surface area contributed by atoms with E-state index in [0.717, 1.165) is 11.8 Å². The molecule has 11 heteroatoms. The SMILES string of the molecule is N=C/C(C(=O)Nc1cc2c(cc1N1CCOCC1)C(=O)N([C@H]1CCOC[C@@H]1F)C2)=C1/N=CC=CN1. The predicted molar refractivity (Wildman–Crippen MR) is 129 cm³/mol. The Balaban J connectivity index is 1.48. The number of anilines is 2. The van der Waals surface area contributed by atoms with E-state index in [4.69, 9.17) is 14.9 Å². The van der Waals surface area contributed by atoms with Crippen LogP contribution < -0.4 is 15.5 Å². The minimum Gasteiger partial charge on any atom is -0.378 e. The number of aliphatic imine (C=N–C) groups is 1. The highest BCUT2D eigenvalue weighted by molar-refractivity contribution is 6.18. The molecular weight excluding hydrogens is 455 g/mol. The summed E-state index contributed by atoms with van der Waals surface area (Å²) in [6.07, 6.45) is 5.00. The van der Waals surface area contributed by atoms with Crippen molar-refractivity contribution in [1.82, 2.24) is 10.2 Å². The molecule has 4 aliphatic rings. The molecule has 0 aromatic heterocycles. The Morgan fingerprint density at radius 1 is 1.26 bits per heavy atom. The van der Waals surface area contributed by atoms with E-state index in [1.165, 1.54) is 6.21 Å². The number of fused-ring (bicyclic) bond motifs is 1. The summed E-state index contributed by atoms with van der Waals surface area (Å²) in [6.45, 7) is 2.91. The van der Waals surface area contributed by atoms with Crippen LogP contribution in [-0.4, -0.2) is 80.9 Å². The first-order valence-corrected chi connectivity index (χ1v) is 11.6. The number of carbonyl (C=O) groups is 2. The largest absolute Gasteiger partial charge is 0.378 e. The molecule has 2 atom stereocenters. The summed E-state index contributed by atoms with van der Waals surface area (Å²) in [5.41, 5.74) is 2.51. The standard InChI is InChI=1S/C24H27FN6O4/c25-18-14-35-7-2-20(18)31-13-15-10-19(29-23(32)17(12-26)22-27-3-1-4-28-22)21(11-16(15)24(31)33)30-5-8-34-9-6-30/h1,3-4,10-12,18,20,26-27H,2,5-9,13-14H2,(H,29,32)/b22-17-,26-12?/t18-,20-/m0/s1. The molecule has 2 saturated heterocycles. The lowest BCUT2D eigenvalue weighted by molar-refractivity contribution is -0.112. The highest BCUT2D eigenvalue weighted by Crippen LogP contribution is 2.37. The van der Waals surface area contributed by atoms with Crippen LogP contribution in [0, 0.1) is 5.41 Å². The van der Waals surface area contributed by atoms with Gasteiger partial charge in [-0.3, -0.25) is 9.59 Å². The van der Waals surface area contributed by atoms with Crippen LogP contribution in [0.4, 0.5) is 15.8 Å². The van der Waals surface area contributed by atoms with Crippen LogP contribution in [0.15, 0.2) is 40.8 Å². The van der Waals surface area contributed by atoms with E-state index in [2.05, 4.69) is 20.5 Å². The van der Waals surface area contributed by atoms with Crippen molar-refractivity contribution in [2.75, 3.05) is 49.7 Å². The molecule has 10 nitrogen and oxygen atoms in total. The van der Waals surface area contributed by atoms with Gasteiger partial charge in [0.05, 0.1) is 42.8 Å². The average Bonchev–Trinajstić information content (AvgIpc) is 3.20. The second kappa shape index (κ2) is 9.96. The van der Waals surface area contributed by atoms with Crippen LogP contribution >= 0.6 is 0 Å². The van der Waals surface area contributed by atoms with E-state index in [-0.39, 0.29) is 30.5 Å². The van der Waals surface area contributed by atoms with Gasteiger partial charge in [0.15, 0.2) is 0 Å². The quantitative estimate of drug-likeness (QED) is 0.433. The monoisotopic (exact) mass is 482 g/mol. The summed E-state index contributed by atoms with van der Waals surface area (Å²) in [6, 6.07) is 3.03. The number of allylic oxidation sites excluding steroid dienone is 1. The van der Waals surface area contributed by atoms with Crippen molar-refractivity contribution >= 4 is 35.6 Å². The maximum atomic E-state index is 14.6. The molecule has 0 spiro atoms. The van der Waals surface area contributed by atoms with Crippen molar-refractivity contribution in [3.05, 3.63) is 46.9 Å². The molecule has 35 heavy (non-hydrogen) atoms. The van der Waals surface area contributed by atoms with Crippen molar-refractivity contribution in [2.24, 2.45) is 4.99 Å². The Kier molecular flexibility index (Phi) is 6.60. The van der Waals surface area contributed by atoms with Crippen molar-refractivity contribution in [2.45, 2.75) is 25.2 Å². The Hall–Kier alpha value is -3.57. The second-order valence-corrected chi connectivity index (χ2v) is 8.65. The van der Waals surface area contributed by atoms with Crippen LogP contribution in [0.1, 0.15) is 22.3 Å². The first-order valence-electron chi connectivity index (χ1n) is 11.6. The van der Waals surface area contributed by atoms with Gasteiger partial charge in [-0.2, -0.15) is 0 Å². The lowest BCUT2D eigenvalue weighted by Crippen LogP contribution is -2.47. The van der Waals surface area contributed by atoms with Crippen LogP contribution in [0.25, 0.3) is 0 Å². The van der Waals surface area contributed by atoms with Gasteiger partial charge in [-0.15, -0.1) is 0 Å². The van der Waals surface area contributed by atoms with E-state index < -0.39 is 18.1 Å². The van der Waals surface area contributed by atoms with E-state index in [1.807, 2.05) is 0 Å². The summed E-state index contributed by atoms with van der Waals surface area (Å²) in [5.74, 6) is -0.445. The topological polar surface area (TPSA) is 119 Å². The number of nitrogens with one attached hydrogen (secondary N) is 3. The van der Waals surface area contributed by atoms with Gasteiger partial charge >= 0.3 is 0 Å². The molecule has 0 radical (unpaired) electrons. The zero-order valence-corrected chi connectivity index (χ0v) is 19.1. The number of halogens is 1. The van der Waals surface area contributed by atoms with Gasteiger partial charge in [-0.1, -0.05) is 0 Å². The maximum Gasteiger partial charge on any atom is 0.261 e. The number of ether oxygens (including phenoxy) is 2. The molecule has 2 amide bonds. The number of carbonyl (C=O) groups excluding carboxylic acids is 2. The zero-order valence-electron chi connectivity index (χ0n) is 19.1. The molecule has 1 aromatic rings. The van der Waals surface area contributed by atoms with Gasteiger partial charge in [-0.05, 0) is 30.2 Å². The van der Waals surface area contributed by atoms with E-state index in [0.29, 0.717) is 56.3 Å². The molecule has 4 heterocycles. The summed E-state index contributed by atoms with van der Waals surface area (Å²) >= 11 is 0. The highest BCUT2D eigenvalue weighted by atomic mass is 19.1. The normalized spacial score (nSPS) is 25.2. The molecule has 3 N–H and O–H groups in total. The number of rotatable bonds is 5. The fraction of sp³-hybridized carbons (Fsp3) is 0.417. The van der Waals surface area contributed by atoms with Gasteiger partial charge in [0.25, 0.3) is 11.8 Å². The van der Waals surface area contributed by atoms with Crippen LogP contribution in [0.3, 0.4) is 0 Å². The molecule has 0 unspecified atom stereocenters. The minimum atomic E-state index is -1.24. The zero-order chi connectivity index (χ0) is 24.4. The lowest BCUT2D eigenvalue weighted by Gasteiger charge is -2.33. The fourth-order valence-corrected chi connectivity index (χ4v) is 4.75. The van der Waals surface area contributed by atoms with E-state index >= 15 is 0 Å². The summed E-state index contributed by atoms with van der Waals surface area (Å²) in [4.78, 5) is 34.2. The van der Waals surface area contributed by atoms with E-state index in [9.17, 15) is 14.0 Å². The predicted octanol–water partition coefficient (Wildman–Crippen LogP) is 1.59. The number of hydrogen-bond acceptors (Lipinski definition) is 8. The van der Waals surface area contributed by atoms with Crippen LogP contribution in [0.2, 0.25) is 0 Å². The number of alkyl halides is 1. The number of amides is 2. The molecule has 4 aliphatic heterocycles. The third kappa shape index (κ3) is 4.56. The fourth-order valence-electron chi connectivity index (χ4n) is 4.75. The van der Waals surface area contributed by atoms with Crippen LogP contribution in [0.5, 0.6) is 0 Å². The molecule has 0 aliphatic carbocycles. The Labute approximate surface area is 202 Å². The third-order valence-electron chi connectivity index (χ3n) is 6.56. The highest BCUT2D eigenvalue weighted by Gasteiger charge is 2.39. The number of benzene rings is 1. The molecule has 1 aromatic carbocycles. The molecule has 184 valence electrons. The Morgan fingerprint density at radius 2 is 2.09 bits per heavy atom. The van der Waals surface area contributed by atoms with Crippen LogP contribution in [-0.2, 0) is 20.8 Å². The number of morpholine rings is 1. The van der Waals surface area contributed by atoms with Gasteiger partial charge in [-0.25, -0.2) is 9.38 Å². The smallest absolute Gasteiger partial charge is 0.261 e. The first-order chi connectivity index (χ1) is 17.1. The van der Waals surface area contributed by atoms with Crippen molar-refractivity contribution in [3.63, 3.8) is 0 Å². The Morgan fingerprint density at radius 3 is 2.80 bits per heavy atom. The molecular formula is C24H27FN6O4. The van der Waals surface area contributed by atoms with Gasteiger partial charge in [0.2, 0.25) is 0 Å². The third-order valence-corrected chi connectivity index (χ3v) is 6.56. The number of hydrogen-bond donors (Lipinski definition) is 3. The van der Waals surface area contributed by atoms with Crippen molar-refractivity contribution in [1.29, 1.82) is 5.41 Å². The second-order valence-electron chi connectivity index (χ2n) is 8.65.